The molecule has 2 atom stereocenters. The summed E-state index contributed by atoms with van der Waals surface area (Å²) < 4.78 is 11.3. The van der Waals surface area contributed by atoms with Gasteiger partial charge in [-0.2, -0.15) is 0 Å². The van der Waals surface area contributed by atoms with Gasteiger partial charge in [-0.25, -0.2) is 0 Å². The zero-order chi connectivity index (χ0) is 18.9. The Morgan fingerprint density at radius 1 is 0.963 bits per heavy atom. The fourth-order valence-electron chi connectivity index (χ4n) is 3.51. The lowest BCUT2D eigenvalue weighted by atomic mass is 9.76. The second-order valence-corrected chi connectivity index (χ2v) is 6.57. The van der Waals surface area contributed by atoms with E-state index >= 15 is 0 Å². The number of β-lactam (4-membered cyclic amide) rings is 1. The molecule has 0 N–H and O–H groups in total. The Bertz CT molecular complexity index is 929. The molecule has 0 bridgehead atoms. The Hall–Kier alpha value is -3.34. The first kappa shape index (κ1) is 17.1. The molecule has 1 saturated heterocycles. The fraction of sp³-hybridized carbons (Fsp3) is 0.182. The zero-order valence-corrected chi connectivity index (χ0v) is 15.2. The number of pyridine rings is 1. The van der Waals surface area contributed by atoms with Gasteiger partial charge in [0.2, 0.25) is 6.10 Å². The van der Waals surface area contributed by atoms with E-state index in [-0.39, 0.29) is 5.91 Å². The van der Waals surface area contributed by atoms with Crippen LogP contribution in [0.1, 0.15) is 12.5 Å². The minimum Gasteiger partial charge on any atom is -0.497 e. The van der Waals surface area contributed by atoms with Crippen LogP contribution in [0.5, 0.6) is 11.5 Å². The third kappa shape index (κ3) is 2.81. The van der Waals surface area contributed by atoms with Gasteiger partial charge in [0.05, 0.1) is 7.11 Å². The predicted octanol–water partition coefficient (Wildman–Crippen LogP) is 3.80. The molecule has 5 nitrogen and oxygen atoms in total. The number of anilines is 1. The van der Waals surface area contributed by atoms with Crippen LogP contribution in [0.4, 0.5) is 5.69 Å². The number of hydrogen-bond donors (Lipinski definition) is 0. The first-order valence-electron chi connectivity index (χ1n) is 8.75. The van der Waals surface area contributed by atoms with Crippen molar-refractivity contribution in [1.82, 2.24) is 4.98 Å². The first-order chi connectivity index (χ1) is 13.1. The number of carbonyl (C=O) groups excluding carboxylic acids is 1. The average molecular weight is 360 g/mol. The Morgan fingerprint density at radius 3 is 2.33 bits per heavy atom. The lowest BCUT2D eigenvalue weighted by Gasteiger charge is -2.54. The molecule has 1 aliphatic heterocycles. The largest absolute Gasteiger partial charge is 0.497 e. The van der Waals surface area contributed by atoms with Crippen molar-refractivity contribution in [2.24, 2.45) is 0 Å². The fourth-order valence-corrected chi connectivity index (χ4v) is 3.51. The number of nitrogens with zero attached hydrogens (tertiary/aromatic N) is 2. The quantitative estimate of drug-likeness (QED) is 0.650. The predicted molar refractivity (Wildman–Crippen MR) is 103 cm³/mol. The maximum atomic E-state index is 13.1. The molecule has 5 heteroatoms. The molecule has 136 valence electrons. The Kier molecular flexibility index (Phi) is 4.28. The molecule has 2 heterocycles. The van der Waals surface area contributed by atoms with Crippen LogP contribution in [-0.4, -0.2) is 24.1 Å². The number of benzene rings is 2. The molecule has 3 aromatic rings. The van der Waals surface area contributed by atoms with Crippen molar-refractivity contribution in [3.8, 4) is 11.5 Å². The average Bonchev–Trinajstić information content (AvgIpc) is 2.74. The monoisotopic (exact) mass is 360 g/mol. The number of carbonyl (C=O) groups is 1. The molecule has 1 amide bonds. The SMILES string of the molecule is COc1ccc(N2C(=O)C(Oc3ccccc3)C2(C)c2cccnc2)cc1. The minimum atomic E-state index is -0.671. The van der Waals surface area contributed by atoms with E-state index in [1.54, 1.807) is 24.4 Å². The van der Waals surface area contributed by atoms with Crippen molar-refractivity contribution in [1.29, 1.82) is 0 Å². The Balaban J connectivity index is 1.73. The van der Waals surface area contributed by atoms with Crippen molar-refractivity contribution in [3.05, 3.63) is 84.7 Å². The summed E-state index contributed by atoms with van der Waals surface area (Å²) in [7, 11) is 1.62. The van der Waals surface area contributed by atoms with Crippen molar-refractivity contribution in [3.63, 3.8) is 0 Å². The molecule has 2 unspecified atom stereocenters. The van der Waals surface area contributed by atoms with Crippen molar-refractivity contribution < 1.29 is 14.3 Å². The summed E-state index contributed by atoms with van der Waals surface area (Å²) in [5.41, 5.74) is 1.04. The standard InChI is InChI=1S/C22H20N2O3/c1-22(16-7-6-14-23-15-16)20(27-19-8-4-3-5-9-19)21(25)24(22)17-10-12-18(26-2)13-11-17/h3-15,20H,1-2H3. The highest BCUT2D eigenvalue weighted by Crippen LogP contribution is 2.46. The van der Waals surface area contributed by atoms with Gasteiger partial charge in [0.1, 0.15) is 17.0 Å². The molecular formula is C22H20N2O3. The topological polar surface area (TPSA) is 51.7 Å². The number of aromatic nitrogens is 1. The third-order valence-corrected chi connectivity index (χ3v) is 4.99. The smallest absolute Gasteiger partial charge is 0.271 e. The molecular weight excluding hydrogens is 340 g/mol. The highest BCUT2D eigenvalue weighted by atomic mass is 16.5. The second-order valence-electron chi connectivity index (χ2n) is 6.57. The van der Waals surface area contributed by atoms with E-state index in [0.29, 0.717) is 5.75 Å². The molecule has 0 radical (unpaired) electrons. The molecule has 0 saturated carbocycles. The number of rotatable bonds is 5. The maximum absolute atomic E-state index is 13.1. The van der Waals surface area contributed by atoms with Gasteiger partial charge in [-0.05, 0) is 49.4 Å². The Labute approximate surface area is 158 Å². The summed E-state index contributed by atoms with van der Waals surface area (Å²) in [5, 5.41) is 0. The summed E-state index contributed by atoms with van der Waals surface area (Å²) >= 11 is 0. The lowest BCUT2D eigenvalue weighted by Crippen LogP contribution is -2.73. The van der Waals surface area contributed by atoms with Gasteiger partial charge in [0, 0.05) is 23.6 Å². The van der Waals surface area contributed by atoms with E-state index < -0.39 is 11.6 Å². The molecule has 1 aliphatic rings. The van der Waals surface area contributed by atoms with Crippen LogP contribution >= 0.6 is 0 Å². The van der Waals surface area contributed by atoms with Crippen LogP contribution in [0.3, 0.4) is 0 Å². The molecule has 2 aromatic carbocycles. The molecule has 0 aliphatic carbocycles. The maximum Gasteiger partial charge on any atom is 0.271 e. The van der Waals surface area contributed by atoms with Gasteiger partial charge in [-0.15, -0.1) is 0 Å². The molecule has 1 aromatic heterocycles. The van der Waals surface area contributed by atoms with E-state index in [1.165, 1.54) is 0 Å². The molecule has 4 rings (SSSR count). The van der Waals surface area contributed by atoms with Crippen molar-refractivity contribution in [2.75, 3.05) is 12.0 Å². The second kappa shape index (κ2) is 6.76. The van der Waals surface area contributed by atoms with E-state index in [9.17, 15) is 4.79 Å². The molecule has 27 heavy (non-hydrogen) atoms. The van der Waals surface area contributed by atoms with E-state index in [1.807, 2.05) is 73.7 Å². The van der Waals surface area contributed by atoms with E-state index in [0.717, 1.165) is 17.0 Å². The van der Waals surface area contributed by atoms with Gasteiger partial charge in [-0.1, -0.05) is 24.3 Å². The van der Waals surface area contributed by atoms with Crippen LogP contribution in [0.25, 0.3) is 0 Å². The summed E-state index contributed by atoms with van der Waals surface area (Å²) in [4.78, 5) is 19.1. The minimum absolute atomic E-state index is 0.0876. The normalized spacial score (nSPS) is 21.5. The van der Waals surface area contributed by atoms with Gasteiger partial charge in [0.25, 0.3) is 5.91 Å². The zero-order valence-electron chi connectivity index (χ0n) is 15.2. The van der Waals surface area contributed by atoms with Crippen LogP contribution in [0, 0.1) is 0 Å². The number of ether oxygens (including phenoxy) is 2. The van der Waals surface area contributed by atoms with Crippen LogP contribution in [0.2, 0.25) is 0 Å². The van der Waals surface area contributed by atoms with Crippen LogP contribution in [0.15, 0.2) is 79.1 Å². The third-order valence-electron chi connectivity index (χ3n) is 4.99. The lowest BCUT2D eigenvalue weighted by molar-refractivity contribution is -0.140. The number of hydrogen-bond acceptors (Lipinski definition) is 4. The van der Waals surface area contributed by atoms with Crippen LogP contribution in [-0.2, 0) is 10.3 Å². The molecule has 1 fully saturated rings. The van der Waals surface area contributed by atoms with Gasteiger partial charge >= 0.3 is 0 Å². The van der Waals surface area contributed by atoms with Crippen molar-refractivity contribution >= 4 is 11.6 Å². The number of amides is 1. The summed E-state index contributed by atoms with van der Waals surface area (Å²) in [6.45, 7) is 2.00. The number of methoxy groups -OCH3 is 1. The number of para-hydroxylation sites is 1. The summed E-state index contributed by atoms with van der Waals surface area (Å²) in [5.74, 6) is 1.32. The molecule has 0 spiro atoms. The van der Waals surface area contributed by atoms with E-state index in [2.05, 4.69) is 4.98 Å². The Morgan fingerprint density at radius 2 is 1.70 bits per heavy atom. The van der Waals surface area contributed by atoms with Crippen LogP contribution < -0.4 is 14.4 Å². The summed E-state index contributed by atoms with van der Waals surface area (Å²) in [6.07, 6.45) is 2.87. The highest BCUT2D eigenvalue weighted by Gasteiger charge is 2.61. The van der Waals surface area contributed by atoms with Gasteiger partial charge in [-0.3, -0.25) is 14.7 Å². The summed E-state index contributed by atoms with van der Waals surface area (Å²) in [6, 6.07) is 20.7. The van der Waals surface area contributed by atoms with Gasteiger partial charge in [0.15, 0.2) is 0 Å². The first-order valence-corrected chi connectivity index (χ1v) is 8.75. The van der Waals surface area contributed by atoms with Crippen molar-refractivity contribution in [2.45, 2.75) is 18.6 Å². The van der Waals surface area contributed by atoms with Gasteiger partial charge < -0.3 is 9.47 Å². The highest BCUT2D eigenvalue weighted by molar-refractivity contribution is 6.07. The van der Waals surface area contributed by atoms with E-state index in [4.69, 9.17) is 9.47 Å².